The fraction of sp³-hybridized carbons (Fsp3) is 0.125. The Morgan fingerprint density at radius 1 is 0.778 bits per heavy atom. The smallest absolute Gasteiger partial charge is 0.526 e. The number of hydrogen-bond acceptors (Lipinski definition) is 4. The van der Waals surface area contributed by atoms with Gasteiger partial charge in [0.25, 0.3) is 0 Å². The Balaban J connectivity index is 2.06. The normalized spacial score (nSPS) is 11.6. The molecule has 0 aliphatic rings. The van der Waals surface area contributed by atoms with Crippen molar-refractivity contribution in [2.45, 2.75) is 11.8 Å². The second-order valence-corrected chi connectivity index (χ2v) is 5.15. The van der Waals surface area contributed by atoms with E-state index in [0.717, 1.165) is 36.4 Å². The molecule has 0 atom stereocenters. The molecular formula is C16H10BF4O6. The Kier molecular flexibility index (Phi) is 5.62. The van der Waals surface area contributed by atoms with Crippen molar-refractivity contribution in [1.82, 2.24) is 0 Å². The van der Waals surface area contributed by atoms with Gasteiger partial charge in [0.2, 0.25) is 0 Å². The summed E-state index contributed by atoms with van der Waals surface area (Å²) in [5, 5.41) is 17.0. The maximum atomic E-state index is 13.5. The van der Waals surface area contributed by atoms with Gasteiger partial charge in [0.1, 0.15) is 11.5 Å². The van der Waals surface area contributed by atoms with Crippen LogP contribution in [0.2, 0.25) is 0 Å². The van der Waals surface area contributed by atoms with Crippen LogP contribution >= 0.6 is 0 Å². The largest absolute Gasteiger partial charge is 0.658 e. The topological polar surface area (TPSA) is 93.1 Å². The van der Waals surface area contributed by atoms with Gasteiger partial charge in [-0.05, 0) is 24.3 Å². The van der Waals surface area contributed by atoms with Crippen LogP contribution in [0, 0.1) is 0 Å². The van der Waals surface area contributed by atoms with Crippen molar-refractivity contribution in [1.29, 1.82) is 0 Å². The van der Waals surface area contributed by atoms with Gasteiger partial charge in [-0.15, -0.1) is 0 Å². The number of aliphatic carboxylic acids is 2. The maximum Gasteiger partial charge on any atom is 0.658 e. The summed E-state index contributed by atoms with van der Waals surface area (Å²) in [6.07, 6.45) is 0. The fourth-order valence-corrected chi connectivity index (χ4v) is 1.91. The summed E-state index contributed by atoms with van der Waals surface area (Å²) < 4.78 is 63.6. The molecule has 0 aliphatic carbocycles. The predicted octanol–water partition coefficient (Wildman–Crippen LogP) is 3.03. The number of halogens is 4. The molecule has 141 valence electrons. The van der Waals surface area contributed by atoms with Crippen molar-refractivity contribution >= 4 is 19.6 Å². The molecule has 1 radical (unpaired) electrons. The number of hydrogen-bond donors (Lipinski definition) is 2. The molecule has 6 nitrogen and oxygen atoms in total. The summed E-state index contributed by atoms with van der Waals surface area (Å²) in [7, 11) is 0.635. The molecular weight excluding hydrogens is 375 g/mol. The van der Waals surface area contributed by atoms with Crippen LogP contribution < -0.4 is 9.31 Å². The molecule has 2 N–H and O–H groups in total. The first-order chi connectivity index (χ1) is 12.5. The van der Waals surface area contributed by atoms with Gasteiger partial charge >= 0.3 is 31.5 Å². The van der Waals surface area contributed by atoms with Gasteiger partial charge in [0.15, 0.2) is 0 Å². The average Bonchev–Trinajstić information content (AvgIpc) is 2.62. The van der Waals surface area contributed by atoms with E-state index < -0.39 is 34.9 Å². The van der Waals surface area contributed by atoms with Crippen molar-refractivity contribution < 1.29 is 46.7 Å². The van der Waals surface area contributed by atoms with E-state index in [1.165, 1.54) is 12.1 Å². The van der Waals surface area contributed by atoms with Gasteiger partial charge in [0.05, 0.1) is 0 Å². The maximum absolute atomic E-state index is 13.5. The molecule has 0 spiro atoms. The summed E-state index contributed by atoms with van der Waals surface area (Å²) in [5.74, 6) is -13.3. The number of benzene rings is 2. The summed E-state index contributed by atoms with van der Waals surface area (Å²) in [6.45, 7) is 0. The third kappa shape index (κ3) is 4.49. The van der Waals surface area contributed by atoms with Crippen LogP contribution in [-0.4, -0.2) is 29.8 Å². The number of rotatable bonds is 8. The minimum Gasteiger partial charge on any atom is -0.526 e. The molecule has 11 heteroatoms. The van der Waals surface area contributed by atoms with Crippen LogP contribution in [0.4, 0.5) is 17.6 Å². The molecule has 2 rings (SSSR count). The molecule has 2 aromatic rings. The van der Waals surface area contributed by atoms with Crippen molar-refractivity contribution in [3.63, 3.8) is 0 Å². The molecule has 0 saturated heterocycles. The van der Waals surface area contributed by atoms with E-state index >= 15 is 0 Å². The molecule has 0 aromatic heterocycles. The van der Waals surface area contributed by atoms with Gasteiger partial charge < -0.3 is 19.5 Å². The Labute approximate surface area is 150 Å². The summed E-state index contributed by atoms with van der Waals surface area (Å²) in [5.41, 5.74) is -1.66. The van der Waals surface area contributed by atoms with Crippen LogP contribution in [0.5, 0.6) is 11.5 Å². The van der Waals surface area contributed by atoms with E-state index in [-0.39, 0.29) is 11.5 Å². The first kappa shape index (κ1) is 20.1. The number of carboxylic acids is 2. The molecule has 0 saturated carbocycles. The van der Waals surface area contributed by atoms with E-state index in [0.29, 0.717) is 7.69 Å². The van der Waals surface area contributed by atoms with Crippen molar-refractivity contribution in [2.24, 2.45) is 0 Å². The monoisotopic (exact) mass is 385 g/mol. The van der Waals surface area contributed by atoms with Crippen LogP contribution in [0.15, 0.2) is 48.5 Å². The van der Waals surface area contributed by atoms with Gasteiger partial charge in [-0.1, -0.05) is 24.3 Å². The Morgan fingerprint density at radius 3 is 1.48 bits per heavy atom. The molecule has 0 aliphatic heterocycles. The highest BCUT2D eigenvalue weighted by Gasteiger charge is 2.42. The van der Waals surface area contributed by atoms with Crippen molar-refractivity contribution in [3.8, 4) is 11.5 Å². The van der Waals surface area contributed by atoms with E-state index in [4.69, 9.17) is 19.5 Å². The lowest BCUT2D eigenvalue weighted by molar-refractivity contribution is -0.166. The van der Waals surface area contributed by atoms with E-state index in [2.05, 4.69) is 0 Å². The number of carbonyl (C=O) groups is 2. The van der Waals surface area contributed by atoms with Gasteiger partial charge in [-0.3, -0.25) is 0 Å². The number of alkyl halides is 4. The molecule has 0 amide bonds. The summed E-state index contributed by atoms with van der Waals surface area (Å²) in [6, 6.07) is 8.03. The van der Waals surface area contributed by atoms with Crippen molar-refractivity contribution in [3.05, 3.63) is 59.7 Å². The van der Waals surface area contributed by atoms with Gasteiger partial charge in [-0.25, -0.2) is 9.59 Å². The van der Waals surface area contributed by atoms with Crippen LogP contribution in [0.3, 0.4) is 0 Å². The highest BCUT2D eigenvalue weighted by atomic mass is 19.3. The zero-order valence-electron chi connectivity index (χ0n) is 13.2. The first-order valence-corrected chi connectivity index (χ1v) is 7.13. The standard InChI is InChI=1S/C16H10BF4O6/c18-15(19,13(22)23)9-3-1-5-11(7-9)26-17-27-12-6-2-4-10(8-12)16(20,21)14(24)25/h1-8H,(H,22,23)(H,24,25). The number of carboxylic acid groups (broad SMARTS) is 2. The minimum absolute atomic E-state index is 0.194. The lowest BCUT2D eigenvalue weighted by Crippen LogP contribution is -2.25. The van der Waals surface area contributed by atoms with E-state index in [9.17, 15) is 27.2 Å². The minimum atomic E-state index is -4.13. The van der Waals surface area contributed by atoms with E-state index in [1.54, 1.807) is 0 Å². The second kappa shape index (κ2) is 7.56. The summed E-state index contributed by atoms with van der Waals surface area (Å²) >= 11 is 0. The fourth-order valence-electron chi connectivity index (χ4n) is 1.91. The lowest BCUT2D eigenvalue weighted by Gasteiger charge is -2.14. The van der Waals surface area contributed by atoms with Crippen LogP contribution in [0.1, 0.15) is 11.1 Å². The van der Waals surface area contributed by atoms with Gasteiger partial charge in [-0.2, -0.15) is 17.6 Å². The molecule has 0 heterocycles. The molecule has 0 fully saturated rings. The Morgan fingerprint density at radius 2 is 1.15 bits per heavy atom. The Hall–Kier alpha value is -3.24. The molecule has 0 unspecified atom stereocenters. The lowest BCUT2D eigenvalue weighted by atomic mass is 10.1. The predicted molar refractivity (Wildman–Crippen MR) is 83.0 cm³/mol. The Bertz CT molecular complexity index is 789. The third-order valence-corrected chi connectivity index (χ3v) is 3.30. The van der Waals surface area contributed by atoms with E-state index in [1.807, 2.05) is 0 Å². The average molecular weight is 385 g/mol. The quantitative estimate of drug-likeness (QED) is 0.536. The zero-order valence-corrected chi connectivity index (χ0v) is 13.2. The second-order valence-electron chi connectivity index (χ2n) is 5.15. The zero-order chi connectivity index (χ0) is 20.2. The van der Waals surface area contributed by atoms with Crippen LogP contribution in [0.25, 0.3) is 0 Å². The highest BCUT2D eigenvalue weighted by molar-refractivity contribution is 6.20. The molecule has 2 aromatic carbocycles. The molecule has 27 heavy (non-hydrogen) atoms. The highest BCUT2D eigenvalue weighted by Crippen LogP contribution is 2.31. The third-order valence-electron chi connectivity index (χ3n) is 3.30. The molecule has 0 bridgehead atoms. The van der Waals surface area contributed by atoms with Crippen molar-refractivity contribution in [2.75, 3.05) is 0 Å². The first-order valence-electron chi connectivity index (χ1n) is 7.13. The summed E-state index contributed by atoms with van der Waals surface area (Å²) in [4.78, 5) is 21.1. The van der Waals surface area contributed by atoms with Crippen LogP contribution in [-0.2, 0) is 21.4 Å². The SMILES string of the molecule is O=C(O)C(F)(F)c1cccc(O[B]Oc2cccc(C(F)(F)C(=O)O)c2)c1. The van der Waals surface area contributed by atoms with Gasteiger partial charge in [0, 0.05) is 11.1 Å².